The lowest BCUT2D eigenvalue weighted by Gasteiger charge is -2.28. The van der Waals surface area contributed by atoms with Gasteiger partial charge < -0.3 is 5.32 Å². The van der Waals surface area contributed by atoms with Gasteiger partial charge in [-0.3, -0.25) is 0 Å². The Morgan fingerprint density at radius 1 is 1.00 bits per heavy atom. The third-order valence-corrected chi connectivity index (χ3v) is 4.42. The van der Waals surface area contributed by atoms with Crippen molar-refractivity contribution in [2.75, 3.05) is 5.32 Å². The molecule has 0 radical (unpaired) electrons. The maximum atomic E-state index is 9.21. The molecule has 1 aliphatic carbocycles. The maximum Gasteiger partial charge on any atom is 0.0998 e. The van der Waals surface area contributed by atoms with E-state index in [-0.39, 0.29) is 0 Å². The lowest BCUT2D eigenvalue weighted by atomic mass is 9.87. The number of nitrogens with one attached hydrogen (secondary N) is 1. The largest absolute Gasteiger partial charge is 0.382 e. The quantitative estimate of drug-likeness (QED) is 0.853. The normalized spacial score (nSPS) is 22.4. The number of fused-ring (bicyclic) bond motifs is 1. The van der Waals surface area contributed by atoms with Crippen molar-refractivity contribution in [1.29, 1.82) is 5.26 Å². The highest BCUT2D eigenvalue weighted by molar-refractivity contribution is 5.97. The second-order valence-corrected chi connectivity index (χ2v) is 5.92. The lowest BCUT2D eigenvalue weighted by molar-refractivity contribution is 0.361. The molecule has 2 heteroatoms. The highest BCUT2D eigenvalue weighted by atomic mass is 14.9. The number of nitrogens with zero attached hydrogens (tertiary/aromatic N) is 1. The third-order valence-electron chi connectivity index (χ3n) is 4.42. The van der Waals surface area contributed by atoms with Gasteiger partial charge >= 0.3 is 0 Å². The van der Waals surface area contributed by atoms with Gasteiger partial charge in [-0.15, -0.1) is 0 Å². The predicted molar refractivity (Wildman–Crippen MR) is 83.7 cm³/mol. The highest BCUT2D eigenvalue weighted by Gasteiger charge is 2.18. The van der Waals surface area contributed by atoms with Crippen LogP contribution in [0.2, 0.25) is 0 Å². The first-order valence-electron chi connectivity index (χ1n) is 7.46. The zero-order valence-electron chi connectivity index (χ0n) is 11.9. The van der Waals surface area contributed by atoms with E-state index in [0.29, 0.717) is 6.04 Å². The van der Waals surface area contributed by atoms with E-state index in [2.05, 4.69) is 30.4 Å². The molecule has 0 amide bonds. The number of hydrogen-bond donors (Lipinski definition) is 1. The molecule has 0 unspecified atom stereocenters. The van der Waals surface area contributed by atoms with Gasteiger partial charge in [0.05, 0.1) is 11.6 Å². The van der Waals surface area contributed by atoms with Crippen LogP contribution in [0.5, 0.6) is 0 Å². The van der Waals surface area contributed by atoms with Crippen LogP contribution in [-0.2, 0) is 0 Å². The molecule has 0 atom stereocenters. The minimum absolute atomic E-state index is 0.572. The maximum absolute atomic E-state index is 9.21. The Bertz CT molecular complexity index is 646. The van der Waals surface area contributed by atoms with Crippen LogP contribution < -0.4 is 5.32 Å². The van der Waals surface area contributed by atoms with E-state index >= 15 is 0 Å². The molecule has 2 aromatic carbocycles. The average Bonchev–Trinajstić information content (AvgIpc) is 2.50. The van der Waals surface area contributed by atoms with Crippen molar-refractivity contribution >= 4 is 16.5 Å². The van der Waals surface area contributed by atoms with Gasteiger partial charge in [0.2, 0.25) is 0 Å². The molecular weight excluding hydrogens is 244 g/mol. The molecule has 3 rings (SSSR count). The van der Waals surface area contributed by atoms with Gasteiger partial charge in [-0.2, -0.15) is 5.26 Å². The van der Waals surface area contributed by atoms with Crippen LogP contribution in [0, 0.1) is 17.2 Å². The van der Waals surface area contributed by atoms with Crippen molar-refractivity contribution in [1.82, 2.24) is 0 Å². The number of anilines is 1. The summed E-state index contributed by atoms with van der Waals surface area (Å²) in [5.74, 6) is 0.866. The van der Waals surface area contributed by atoms with E-state index in [0.717, 1.165) is 22.3 Å². The van der Waals surface area contributed by atoms with E-state index in [9.17, 15) is 5.26 Å². The standard InChI is InChI=1S/C18H20N2/c1-13-6-9-15(10-7-13)20-18-11-8-14(12-19)16-4-2-3-5-17(16)18/h2-5,8,11,13,15,20H,6-7,9-10H2,1H3. The lowest BCUT2D eigenvalue weighted by Crippen LogP contribution is -2.25. The summed E-state index contributed by atoms with van der Waals surface area (Å²) in [5, 5.41) is 15.1. The van der Waals surface area contributed by atoms with Crippen LogP contribution in [0.4, 0.5) is 5.69 Å². The average molecular weight is 264 g/mol. The van der Waals surface area contributed by atoms with Gasteiger partial charge in [-0.05, 0) is 43.7 Å². The van der Waals surface area contributed by atoms with Crippen molar-refractivity contribution < 1.29 is 0 Å². The Labute approximate surface area is 120 Å². The smallest absolute Gasteiger partial charge is 0.0998 e. The monoisotopic (exact) mass is 264 g/mol. The highest BCUT2D eigenvalue weighted by Crippen LogP contribution is 2.30. The van der Waals surface area contributed by atoms with Gasteiger partial charge in [-0.1, -0.05) is 31.2 Å². The van der Waals surface area contributed by atoms with E-state index < -0.39 is 0 Å². The molecule has 102 valence electrons. The molecule has 0 spiro atoms. The van der Waals surface area contributed by atoms with Crippen LogP contribution in [0.3, 0.4) is 0 Å². The first-order chi connectivity index (χ1) is 9.78. The fourth-order valence-electron chi connectivity index (χ4n) is 3.15. The summed E-state index contributed by atoms with van der Waals surface area (Å²) in [5.41, 5.74) is 1.92. The molecule has 2 nitrogen and oxygen atoms in total. The Morgan fingerprint density at radius 3 is 2.40 bits per heavy atom. The van der Waals surface area contributed by atoms with Crippen LogP contribution in [0.15, 0.2) is 36.4 Å². The Kier molecular flexibility index (Phi) is 3.60. The summed E-state index contributed by atoms with van der Waals surface area (Å²) in [6, 6.07) is 15.0. The van der Waals surface area contributed by atoms with E-state index in [1.54, 1.807) is 0 Å². The molecule has 0 bridgehead atoms. The van der Waals surface area contributed by atoms with Crippen molar-refractivity contribution in [2.45, 2.75) is 38.6 Å². The number of hydrogen-bond acceptors (Lipinski definition) is 2. The molecule has 0 saturated heterocycles. The van der Waals surface area contributed by atoms with Crippen molar-refractivity contribution in [3.8, 4) is 6.07 Å². The number of nitriles is 1. The molecule has 1 aliphatic rings. The van der Waals surface area contributed by atoms with Gasteiger partial charge in [0.15, 0.2) is 0 Å². The zero-order valence-corrected chi connectivity index (χ0v) is 11.9. The summed E-state index contributed by atoms with van der Waals surface area (Å²) in [6.45, 7) is 2.34. The van der Waals surface area contributed by atoms with Crippen LogP contribution in [0.25, 0.3) is 10.8 Å². The Morgan fingerprint density at radius 2 is 1.70 bits per heavy atom. The minimum Gasteiger partial charge on any atom is -0.382 e. The summed E-state index contributed by atoms with van der Waals surface area (Å²) >= 11 is 0. The predicted octanol–water partition coefficient (Wildman–Crippen LogP) is 4.70. The molecule has 0 heterocycles. The SMILES string of the molecule is CC1CCC(Nc2ccc(C#N)c3ccccc23)CC1. The first-order valence-corrected chi connectivity index (χ1v) is 7.46. The van der Waals surface area contributed by atoms with Crippen LogP contribution in [-0.4, -0.2) is 6.04 Å². The van der Waals surface area contributed by atoms with Crippen LogP contribution >= 0.6 is 0 Å². The van der Waals surface area contributed by atoms with Crippen molar-refractivity contribution in [2.24, 2.45) is 5.92 Å². The minimum atomic E-state index is 0.572. The summed E-state index contributed by atoms with van der Waals surface area (Å²) in [4.78, 5) is 0. The molecule has 0 aromatic heterocycles. The summed E-state index contributed by atoms with van der Waals surface area (Å²) in [7, 11) is 0. The topological polar surface area (TPSA) is 35.8 Å². The van der Waals surface area contributed by atoms with Gasteiger partial charge in [0.1, 0.15) is 0 Å². The summed E-state index contributed by atoms with van der Waals surface area (Å²) < 4.78 is 0. The third kappa shape index (κ3) is 2.49. The van der Waals surface area contributed by atoms with Crippen LogP contribution in [0.1, 0.15) is 38.2 Å². The van der Waals surface area contributed by atoms with E-state index in [1.165, 1.54) is 31.4 Å². The van der Waals surface area contributed by atoms with Crippen molar-refractivity contribution in [3.63, 3.8) is 0 Å². The van der Waals surface area contributed by atoms with Gasteiger partial charge in [0, 0.05) is 22.5 Å². The second kappa shape index (κ2) is 5.54. The Balaban J connectivity index is 1.91. The molecule has 2 aromatic rings. The van der Waals surface area contributed by atoms with E-state index in [1.807, 2.05) is 24.3 Å². The second-order valence-electron chi connectivity index (χ2n) is 5.92. The number of benzene rings is 2. The Hall–Kier alpha value is -2.01. The zero-order chi connectivity index (χ0) is 13.9. The molecule has 1 N–H and O–H groups in total. The summed E-state index contributed by atoms with van der Waals surface area (Å²) in [6.07, 6.45) is 5.11. The molecule has 1 fully saturated rings. The fourth-order valence-corrected chi connectivity index (χ4v) is 3.15. The molecule has 20 heavy (non-hydrogen) atoms. The fraction of sp³-hybridized carbons (Fsp3) is 0.389. The van der Waals surface area contributed by atoms with Gasteiger partial charge in [0.25, 0.3) is 0 Å². The van der Waals surface area contributed by atoms with Gasteiger partial charge in [-0.25, -0.2) is 0 Å². The number of rotatable bonds is 2. The first kappa shape index (κ1) is 13.0. The van der Waals surface area contributed by atoms with E-state index in [4.69, 9.17) is 0 Å². The molecular formula is C18H20N2. The molecule has 1 saturated carbocycles. The van der Waals surface area contributed by atoms with Crippen molar-refractivity contribution in [3.05, 3.63) is 42.0 Å². The molecule has 0 aliphatic heterocycles.